The van der Waals surface area contributed by atoms with Gasteiger partial charge < -0.3 is 5.32 Å². The number of piperazine rings is 1. The molecule has 1 aliphatic carbocycles. The van der Waals surface area contributed by atoms with Gasteiger partial charge in [0.15, 0.2) is 0 Å². The number of hydrogen-bond acceptors (Lipinski definition) is 3. The van der Waals surface area contributed by atoms with E-state index in [-0.39, 0.29) is 31.5 Å². The average molecular weight is 582 g/mol. The molecule has 1 aliphatic heterocycles. The number of nitrogens with one attached hydrogen (secondary N) is 1. The van der Waals surface area contributed by atoms with Crippen LogP contribution in [-0.4, -0.2) is 59.9 Å². The minimum absolute atomic E-state index is 0.180. The van der Waals surface area contributed by atoms with E-state index in [9.17, 15) is 39.5 Å². The maximum absolute atomic E-state index is 14.5. The number of benzene rings is 2. The molecule has 12 heteroatoms. The van der Waals surface area contributed by atoms with Crippen LogP contribution in [-0.2, 0) is 12.7 Å². The quantitative estimate of drug-likeness (QED) is 0.345. The van der Waals surface area contributed by atoms with E-state index in [2.05, 4.69) is 5.32 Å². The zero-order valence-electron chi connectivity index (χ0n) is 21.7. The molecule has 2 aromatic rings. The normalized spacial score (nSPS) is 23.3. The highest BCUT2D eigenvalue weighted by molar-refractivity contribution is 5.33. The topological polar surface area (TPSA) is 18.5 Å². The van der Waals surface area contributed by atoms with Crippen molar-refractivity contribution >= 4 is 0 Å². The smallest absolute Gasteiger partial charge is 0.311 e. The maximum atomic E-state index is 14.5. The Morgan fingerprint density at radius 2 is 1.27 bits per heavy atom. The number of hydrogen-bond donors (Lipinski definition) is 1. The van der Waals surface area contributed by atoms with Gasteiger partial charge >= 0.3 is 18.5 Å². The van der Waals surface area contributed by atoms with Crippen LogP contribution in [0.1, 0.15) is 54.8 Å². The van der Waals surface area contributed by atoms with E-state index in [0.29, 0.717) is 17.7 Å². The van der Waals surface area contributed by atoms with Gasteiger partial charge in [-0.15, -0.1) is 0 Å². The van der Waals surface area contributed by atoms with Gasteiger partial charge in [-0.25, -0.2) is 0 Å². The first-order valence-corrected chi connectivity index (χ1v) is 13.3. The first-order valence-electron chi connectivity index (χ1n) is 13.3. The van der Waals surface area contributed by atoms with E-state index in [1.807, 2.05) is 0 Å². The van der Waals surface area contributed by atoms with Gasteiger partial charge in [-0.1, -0.05) is 67.8 Å². The van der Waals surface area contributed by atoms with Crippen LogP contribution in [0.4, 0.5) is 39.5 Å². The van der Waals surface area contributed by atoms with Crippen LogP contribution in [0.15, 0.2) is 54.6 Å². The second-order valence-corrected chi connectivity index (χ2v) is 10.5. The van der Waals surface area contributed by atoms with Crippen molar-refractivity contribution in [3.05, 3.63) is 71.3 Å². The Bertz CT molecular complexity index is 1050. The fourth-order valence-corrected chi connectivity index (χ4v) is 6.04. The summed E-state index contributed by atoms with van der Waals surface area (Å²) in [5, 5.41) is 2.97. The Hall–Kier alpha value is -2.31. The van der Waals surface area contributed by atoms with Crippen LogP contribution < -0.4 is 5.32 Å². The first kappa shape index (κ1) is 30.6. The maximum Gasteiger partial charge on any atom is 0.416 e. The van der Waals surface area contributed by atoms with Crippen LogP contribution in [0.2, 0.25) is 0 Å². The predicted molar refractivity (Wildman–Crippen MR) is 132 cm³/mol. The summed E-state index contributed by atoms with van der Waals surface area (Å²) in [6.45, 7) is -1.83. The molecule has 2 aliphatic rings. The minimum Gasteiger partial charge on any atom is -0.311 e. The highest BCUT2D eigenvalue weighted by atomic mass is 19.4. The van der Waals surface area contributed by atoms with E-state index in [4.69, 9.17) is 0 Å². The molecule has 0 amide bonds. The molecule has 3 atom stereocenters. The molecule has 3 nitrogen and oxygen atoms in total. The van der Waals surface area contributed by atoms with Gasteiger partial charge in [0.1, 0.15) is 12.1 Å². The van der Waals surface area contributed by atoms with Crippen molar-refractivity contribution in [1.82, 2.24) is 15.1 Å². The standard InChI is InChI=1S/C28H32F9N3/c29-26(30,31)22-14-8-7-13-21(22)23(16-38-15-19-9-3-1-4-10-19)39-17-24(27(32,33)34)40(20-11-5-2-6-12-20)25(18-39)28(35,36)37/h1,3-4,7-10,13-14,20,23-25,38H,2,5-6,11-12,15-18H2. The van der Waals surface area contributed by atoms with Crippen molar-refractivity contribution in [2.45, 2.75) is 81.3 Å². The van der Waals surface area contributed by atoms with E-state index in [1.165, 1.54) is 6.07 Å². The molecular formula is C28H32F9N3. The largest absolute Gasteiger partial charge is 0.416 e. The van der Waals surface area contributed by atoms with Gasteiger partial charge in [-0.05, 0) is 30.0 Å². The van der Waals surface area contributed by atoms with E-state index in [1.54, 1.807) is 30.3 Å². The van der Waals surface area contributed by atoms with Gasteiger partial charge in [-0.3, -0.25) is 9.80 Å². The summed E-state index contributed by atoms with van der Waals surface area (Å²) in [6, 6.07) is 5.98. The highest BCUT2D eigenvalue weighted by Gasteiger charge is 2.59. The molecule has 0 bridgehead atoms. The molecule has 40 heavy (non-hydrogen) atoms. The minimum atomic E-state index is -5.01. The third-order valence-electron chi connectivity index (χ3n) is 7.86. The third-order valence-corrected chi connectivity index (χ3v) is 7.86. The lowest BCUT2D eigenvalue weighted by atomic mass is 9.89. The zero-order chi connectivity index (χ0) is 29.1. The van der Waals surface area contributed by atoms with Crippen molar-refractivity contribution in [3.63, 3.8) is 0 Å². The summed E-state index contributed by atoms with van der Waals surface area (Å²) >= 11 is 0. The summed E-state index contributed by atoms with van der Waals surface area (Å²) in [5.74, 6) is 0. The Morgan fingerprint density at radius 3 is 1.82 bits per heavy atom. The fourth-order valence-electron chi connectivity index (χ4n) is 6.04. The zero-order valence-corrected chi connectivity index (χ0v) is 21.7. The molecule has 0 spiro atoms. The lowest BCUT2D eigenvalue weighted by Gasteiger charge is -2.53. The Morgan fingerprint density at radius 1 is 0.725 bits per heavy atom. The van der Waals surface area contributed by atoms with E-state index < -0.39 is 61.3 Å². The summed E-state index contributed by atoms with van der Waals surface area (Å²) in [5.41, 5.74) is -0.666. The molecule has 1 heterocycles. The molecule has 0 aromatic heterocycles. The van der Waals surface area contributed by atoms with Gasteiger partial charge in [0.2, 0.25) is 0 Å². The van der Waals surface area contributed by atoms with Crippen LogP contribution in [0.25, 0.3) is 0 Å². The molecule has 4 rings (SSSR count). The molecule has 222 valence electrons. The van der Waals surface area contributed by atoms with Crippen LogP contribution >= 0.6 is 0 Å². The van der Waals surface area contributed by atoms with Crippen molar-refractivity contribution in [2.24, 2.45) is 0 Å². The number of nitrogens with zero attached hydrogens (tertiary/aromatic N) is 2. The molecule has 2 fully saturated rings. The van der Waals surface area contributed by atoms with Gasteiger partial charge in [-0.2, -0.15) is 39.5 Å². The van der Waals surface area contributed by atoms with Crippen LogP contribution in [0, 0.1) is 0 Å². The van der Waals surface area contributed by atoms with E-state index in [0.717, 1.165) is 35.1 Å². The van der Waals surface area contributed by atoms with Crippen molar-refractivity contribution in [3.8, 4) is 0 Å². The van der Waals surface area contributed by atoms with Gasteiger partial charge in [0.25, 0.3) is 0 Å². The van der Waals surface area contributed by atoms with Crippen molar-refractivity contribution in [2.75, 3.05) is 19.6 Å². The molecule has 3 unspecified atom stereocenters. The monoisotopic (exact) mass is 581 g/mol. The number of alkyl halides is 9. The molecule has 1 saturated carbocycles. The summed E-state index contributed by atoms with van der Waals surface area (Å²) in [4.78, 5) is 1.51. The Kier molecular flexibility index (Phi) is 9.41. The Labute approximate surface area is 227 Å². The van der Waals surface area contributed by atoms with Crippen molar-refractivity contribution in [1.29, 1.82) is 0 Å². The second kappa shape index (κ2) is 12.3. The summed E-state index contributed by atoms with van der Waals surface area (Å²) in [6.07, 6.45) is -12.6. The summed E-state index contributed by atoms with van der Waals surface area (Å²) < 4.78 is 129. The van der Waals surface area contributed by atoms with E-state index >= 15 is 0 Å². The first-order chi connectivity index (χ1) is 18.8. The molecular weight excluding hydrogens is 549 g/mol. The predicted octanol–water partition coefficient (Wildman–Crippen LogP) is 7.35. The lowest BCUT2D eigenvalue weighted by Crippen LogP contribution is -2.70. The summed E-state index contributed by atoms with van der Waals surface area (Å²) in [7, 11) is 0. The van der Waals surface area contributed by atoms with Gasteiger partial charge in [0.05, 0.1) is 5.56 Å². The van der Waals surface area contributed by atoms with Gasteiger partial charge in [0, 0.05) is 38.3 Å². The molecule has 1 N–H and O–H groups in total. The number of halogens is 9. The van der Waals surface area contributed by atoms with Crippen LogP contribution in [0.5, 0.6) is 0 Å². The Balaban J connectivity index is 1.73. The average Bonchev–Trinajstić information content (AvgIpc) is 2.90. The highest BCUT2D eigenvalue weighted by Crippen LogP contribution is 2.43. The lowest BCUT2D eigenvalue weighted by molar-refractivity contribution is -0.266. The second-order valence-electron chi connectivity index (χ2n) is 10.5. The number of rotatable bonds is 7. The van der Waals surface area contributed by atoms with Crippen molar-refractivity contribution < 1.29 is 39.5 Å². The fraction of sp³-hybridized carbons (Fsp3) is 0.571. The third kappa shape index (κ3) is 7.30. The molecule has 0 radical (unpaired) electrons. The molecule has 2 aromatic carbocycles. The SMILES string of the molecule is FC(F)(F)c1ccccc1C(CNCc1ccccc1)N1CC(C(F)(F)F)N(C2CCCCC2)C(C(F)(F)F)C1. The van der Waals surface area contributed by atoms with Crippen LogP contribution in [0.3, 0.4) is 0 Å². The molecule has 1 saturated heterocycles.